The highest BCUT2D eigenvalue weighted by molar-refractivity contribution is 5.79. The Morgan fingerprint density at radius 1 is 1.10 bits per heavy atom. The van der Waals surface area contributed by atoms with E-state index in [9.17, 15) is 9.59 Å². The van der Waals surface area contributed by atoms with E-state index in [2.05, 4.69) is 15.3 Å². The van der Waals surface area contributed by atoms with Crippen LogP contribution in [0, 0.1) is 5.92 Å². The summed E-state index contributed by atoms with van der Waals surface area (Å²) >= 11 is 0. The maximum atomic E-state index is 12.5. The number of likely N-dealkylation sites (tertiary alicyclic amines) is 1. The third-order valence-corrected chi connectivity index (χ3v) is 6.21. The summed E-state index contributed by atoms with van der Waals surface area (Å²) in [6, 6.07) is 9.93. The zero-order valence-corrected chi connectivity index (χ0v) is 16.3. The molecule has 2 aromatic heterocycles. The highest BCUT2D eigenvalue weighted by Gasteiger charge is 2.32. The van der Waals surface area contributed by atoms with Crippen molar-refractivity contribution in [2.24, 2.45) is 5.92 Å². The molecular formula is C21H24N6O2. The normalized spacial score (nSPS) is 18.1. The molecular weight excluding hydrogens is 368 g/mol. The number of fused-ring (bicyclic) bond motifs is 1. The van der Waals surface area contributed by atoms with Gasteiger partial charge < -0.3 is 9.88 Å². The number of benzene rings is 1. The first-order valence-corrected chi connectivity index (χ1v) is 10.3. The summed E-state index contributed by atoms with van der Waals surface area (Å²) in [4.78, 5) is 34.6. The van der Waals surface area contributed by atoms with Gasteiger partial charge in [-0.1, -0.05) is 42.0 Å². The average molecular weight is 392 g/mol. The molecule has 5 rings (SSSR count). The van der Waals surface area contributed by atoms with Crippen LogP contribution in [-0.2, 0) is 11.3 Å². The number of hydrogen-bond donors (Lipinski definition) is 1. The molecule has 29 heavy (non-hydrogen) atoms. The molecule has 1 saturated heterocycles. The van der Waals surface area contributed by atoms with Crippen molar-refractivity contribution in [3.05, 3.63) is 52.1 Å². The van der Waals surface area contributed by atoms with Crippen LogP contribution in [-0.4, -0.2) is 48.9 Å². The van der Waals surface area contributed by atoms with E-state index in [4.69, 9.17) is 4.98 Å². The van der Waals surface area contributed by atoms with Crippen LogP contribution in [0.1, 0.15) is 49.4 Å². The number of carbonyl (C=O) groups excluding carboxylic acids is 1. The van der Waals surface area contributed by atoms with E-state index in [1.807, 2.05) is 35.2 Å². The van der Waals surface area contributed by atoms with Crippen LogP contribution < -0.4 is 5.56 Å². The minimum absolute atomic E-state index is 0.137. The average Bonchev–Trinajstić information content (AvgIpc) is 3.11. The van der Waals surface area contributed by atoms with Crippen LogP contribution in [0.4, 0.5) is 0 Å². The Morgan fingerprint density at radius 2 is 1.86 bits per heavy atom. The summed E-state index contributed by atoms with van der Waals surface area (Å²) in [5.74, 6) is 1.35. The first kappa shape index (κ1) is 18.0. The molecule has 0 radical (unpaired) electrons. The largest absolute Gasteiger partial charge is 0.342 e. The number of piperidine rings is 1. The molecule has 0 unspecified atom stereocenters. The number of amides is 1. The Bertz CT molecular complexity index is 1080. The minimum atomic E-state index is -0.253. The fourth-order valence-electron chi connectivity index (χ4n) is 4.23. The number of H-pyrrole nitrogens is 1. The van der Waals surface area contributed by atoms with Gasteiger partial charge in [0.15, 0.2) is 11.2 Å². The minimum Gasteiger partial charge on any atom is -0.342 e. The lowest BCUT2D eigenvalue weighted by atomic mass is 9.83. The molecule has 2 fully saturated rings. The van der Waals surface area contributed by atoms with Crippen LogP contribution in [0.15, 0.2) is 35.1 Å². The van der Waals surface area contributed by atoms with Crippen molar-refractivity contribution in [2.75, 3.05) is 13.1 Å². The Morgan fingerprint density at radius 3 is 2.55 bits per heavy atom. The van der Waals surface area contributed by atoms with Crippen molar-refractivity contribution in [1.82, 2.24) is 29.9 Å². The number of aromatic nitrogens is 5. The molecule has 0 bridgehead atoms. The van der Waals surface area contributed by atoms with Crippen molar-refractivity contribution >= 4 is 17.1 Å². The summed E-state index contributed by atoms with van der Waals surface area (Å²) in [6.07, 6.45) is 4.86. The monoisotopic (exact) mass is 392 g/mol. The topological polar surface area (TPSA) is 96.8 Å². The first-order valence-electron chi connectivity index (χ1n) is 10.3. The molecule has 1 N–H and O–H groups in total. The molecule has 8 heteroatoms. The molecule has 1 saturated carbocycles. The fraction of sp³-hybridized carbons (Fsp3) is 0.476. The molecule has 150 valence electrons. The lowest BCUT2D eigenvalue weighted by molar-refractivity contribution is -0.139. The molecule has 8 nitrogen and oxygen atoms in total. The van der Waals surface area contributed by atoms with E-state index < -0.39 is 0 Å². The molecule has 0 atom stereocenters. The Hall–Kier alpha value is -3.03. The standard InChI is InChI=1S/C21H24N6O2/c28-20-17-19(27(25-24-17)13-14-5-2-1-3-6-14)22-18(23-20)15-9-11-26(12-10-15)21(29)16-7-4-8-16/h1-3,5-6,15-16H,4,7-13H2,(H,22,23,28). The van der Waals surface area contributed by atoms with Gasteiger partial charge in [0.05, 0.1) is 6.54 Å². The first-order chi connectivity index (χ1) is 14.2. The lowest BCUT2D eigenvalue weighted by Gasteiger charge is -2.36. The van der Waals surface area contributed by atoms with Crippen LogP contribution in [0.2, 0.25) is 0 Å². The maximum Gasteiger partial charge on any atom is 0.281 e. The van der Waals surface area contributed by atoms with Crippen LogP contribution in [0.3, 0.4) is 0 Å². The maximum absolute atomic E-state index is 12.5. The van der Waals surface area contributed by atoms with E-state index in [1.165, 1.54) is 6.42 Å². The van der Waals surface area contributed by atoms with E-state index in [0.717, 1.165) is 44.3 Å². The highest BCUT2D eigenvalue weighted by Crippen LogP contribution is 2.31. The van der Waals surface area contributed by atoms with Gasteiger partial charge in [0.25, 0.3) is 5.56 Å². The second kappa shape index (κ2) is 7.42. The SMILES string of the molecule is O=C(C1CCC1)N1CCC(c2nc3c(nnn3Cc3ccccc3)c(=O)[nH]2)CC1. The number of aromatic amines is 1. The van der Waals surface area contributed by atoms with Crippen molar-refractivity contribution in [1.29, 1.82) is 0 Å². The summed E-state index contributed by atoms with van der Waals surface area (Å²) in [7, 11) is 0. The summed E-state index contributed by atoms with van der Waals surface area (Å²) in [5.41, 5.74) is 1.60. The third kappa shape index (κ3) is 3.43. The zero-order chi connectivity index (χ0) is 19.8. The van der Waals surface area contributed by atoms with Crippen molar-refractivity contribution < 1.29 is 4.79 Å². The Balaban J connectivity index is 1.36. The Labute approximate surface area is 167 Å². The molecule has 1 aliphatic heterocycles. The molecule has 3 heterocycles. The van der Waals surface area contributed by atoms with Crippen LogP contribution in [0.25, 0.3) is 11.2 Å². The number of rotatable bonds is 4. The Kier molecular flexibility index (Phi) is 4.61. The van der Waals surface area contributed by atoms with E-state index in [1.54, 1.807) is 4.68 Å². The van der Waals surface area contributed by atoms with Crippen molar-refractivity contribution in [3.8, 4) is 0 Å². The quantitative estimate of drug-likeness (QED) is 0.733. The van der Waals surface area contributed by atoms with Crippen molar-refractivity contribution in [2.45, 2.75) is 44.6 Å². The van der Waals surface area contributed by atoms with Gasteiger partial charge in [-0.25, -0.2) is 9.67 Å². The van der Waals surface area contributed by atoms with Gasteiger partial charge in [0.1, 0.15) is 5.82 Å². The highest BCUT2D eigenvalue weighted by atomic mass is 16.2. The number of carbonyl (C=O) groups is 1. The van der Waals surface area contributed by atoms with Gasteiger partial charge >= 0.3 is 0 Å². The third-order valence-electron chi connectivity index (χ3n) is 6.21. The molecule has 2 aliphatic rings. The van der Waals surface area contributed by atoms with Gasteiger partial charge in [-0.2, -0.15) is 0 Å². The molecule has 1 aromatic carbocycles. The number of nitrogens with one attached hydrogen (secondary N) is 1. The van der Waals surface area contributed by atoms with Crippen molar-refractivity contribution in [3.63, 3.8) is 0 Å². The zero-order valence-electron chi connectivity index (χ0n) is 16.3. The summed E-state index contributed by atoms with van der Waals surface area (Å²) < 4.78 is 1.68. The molecule has 0 spiro atoms. The van der Waals surface area contributed by atoms with Gasteiger partial charge in [0, 0.05) is 24.9 Å². The van der Waals surface area contributed by atoms with Gasteiger partial charge in [-0.3, -0.25) is 9.59 Å². The smallest absolute Gasteiger partial charge is 0.281 e. The van der Waals surface area contributed by atoms with E-state index in [0.29, 0.717) is 23.9 Å². The molecule has 1 amide bonds. The van der Waals surface area contributed by atoms with Crippen LogP contribution >= 0.6 is 0 Å². The second-order valence-electron chi connectivity index (χ2n) is 8.08. The summed E-state index contributed by atoms with van der Waals surface area (Å²) in [6.45, 7) is 1.97. The number of hydrogen-bond acceptors (Lipinski definition) is 5. The predicted octanol–water partition coefficient (Wildman–Crippen LogP) is 2.07. The fourth-order valence-corrected chi connectivity index (χ4v) is 4.23. The molecule has 3 aromatic rings. The summed E-state index contributed by atoms with van der Waals surface area (Å²) in [5, 5.41) is 8.16. The number of nitrogens with zero attached hydrogens (tertiary/aromatic N) is 5. The second-order valence-corrected chi connectivity index (χ2v) is 8.08. The van der Waals surface area contributed by atoms with Crippen LogP contribution in [0.5, 0.6) is 0 Å². The van der Waals surface area contributed by atoms with E-state index in [-0.39, 0.29) is 22.9 Å². The van der Waals surface area contributed by atoms with Gasteiger partial charge in [-0.05, 0) is 31.2 Å². The van der Waals surface area contributed by atoms with E-state index >= 15 is 0 Å². The lowest BCUT2D eigenvalue weighted by Crippen LogP contribution is -2.43. The van der Waals surface area contributed by atoms with Gasteiger partial charge in [0.2, 0.25) is 5.91 Å². The van der Waals surface area contributed by atoms with Gasteiger partial charge in [-0.15, -0.1) is 5.10 Å². The predicted molar refractivity (Wildman–Crippen MR) is 107 cm³/mol. The molecule has 1 aliphatic carbocycles.